The largest absolute Gasteiger partial charge is 0.481 e. The van der Waals surface area contributed by atoms with E-state index in [0.29, 0.717) is 6.54 Å². The summed E-state index contributed by atoms with van der Waals surface area (Å²) < 4.78 is 0. The van der Waals surface area contributed by atoms with Gasteiger partial charge in [-0.1, -0.05) is 6.92 Å². The molecule has 5 nitrogen and oxygen atoms in total. The lowest BCUT2D eigenvalue weighted by Gasteiger charge is -2.21. The first-order valence-corrected chi connectivity index (χ1v) is 4.97. The number of carbonyl (C=O) groups excluding carboxylic acids is 1. The summed E-state index contributed by atoms with van der Waals surface area (Å²) in [5.41, 5.74) is -0.922. The van der Waals surface area contributed by atoms with Crippen LogP contribution in [0.25, 0.3) is 0 Å². The Balaban J connectivity index is 4.05. The van der Waals surface area contributed by atoms with Crippen molar-refractivity contribution in [3.8, 4) is 0 Å². The second-order valence-corrected chi connectivity index (χ2v) is 4.37. The topological polar surface area (TPSA) is 78.4 Å². The Morgan fingerprint density at radius 3 is 2.33 bits per heavy atom. The normalized spacial score (nSPS) is 13.3. The van der Waals surface area contributed by atoms with Crippen LogP contribution in [0.3, 0.4) is 0 Å². The molecule has 88 valence electrons. The van der Waals surface area contributed by atoms with Crippen molar-refractivity contribution < 1.29 is 14.7 Å². The van der Waals surface area contributed by atoms with Gasteiger partial charge in [-0.15, -0.1) is 0 Å². The molecule has 15 heavy (non-hydrogen) atoms. The molecule has 1 atom stereocenters. The number of aliphatic carboxylic acids is 1. The van der Waals surface area contributed by atoms with Gasteiger partial charge >= 0.3 is 5.97 Å². The van der Waals surface area contributed by atoms with Crippen LogP contribution in [0, 0.1) is 11.3 Å². The highest BCUT2D eigenvalue weighted by Crippen LogP contribution is 2.13. The van der Waals surface area contributed by atoms with Crippen molar-refractivity contribution in [2.45, 2.75) is 20.8 Å². The highest BCUT2D eigenvalue weighted by atomic mass is 16.4. The molecule has 0 aromatic heterocycles. The van der Waals surface area contributed by atoms with Crippen molar-refractivity contribution >= 4 is 11.9 Å². The Hall–Kier alpha value is -1.10. The first-order valence-electron chi connectivity index (χ1n) is 4.97. The molecule has 0 aliphatic heterocycles. The third-order valence-electron chi connectivity index (χ3n) is 2.24. The second kappa shape index (κ2) is 5.70. The quantitative estimate of drug-likeness (QED) is 0.587. The fourth-order valence-corrected chi connectivity index (χ4v) is 0.957. The maximum Gasteiger partial charge on any atom is 0.310 e. The Labute approximate surface area is 90.2 Å². The number of carboxylic acids is 1. The molecule has 0 heterocycles. The Bertz CT molecular complexity index is 239. The van der Waals surface area contributed by atoms with Crippen molar-refractivity contribution in [3.63, 3.8) is 0 Å². The van der Waals surface area contributed by atoms with Crippen LogP contribution in [0.15, 0.2) is 0 Å². The lowest BCUT2D eigenvalue weighted by molar-refractivity contribution is -0.146. The standard InChI is InChI=1S/C10H20N2O3/c1-7(5-11-4)8(13)12-6-10(2,3)9(14)15/h7,11H,5-6H2,1-4H3,(H,12,13)(H,14,15). The number of hydrogen-bond donors (Lipinski definition) is 3. The molecule has 0 saturated heterocycles. The maximum atomic E-state index is 11.5. The molecule has 0 radical (unpaired) electrons. The van der Waals surface area contributed by atoms with Gasteiger partial charge in [-0.25, -0.2) is 0 Å². The van der Waals surface area contributed by atoms with Crippen LogP contribution in [0.5, 0.6) is 0 Å². The van der Waals surface area contributed by atoms with Gasteiger partial charge in [-0.05, 0) is 20.9 Å². The zero-order valence-electron chi connectivity index (χ0n) is 9.76. The van der Waals surface area contributed by atoms with Crippen molar-refractivity contribution in [1.82, 2.24) is 10.6 Å². The molecular weight excluding hydrogens is 196 g/mol. The highest BCUT2D eigenvalue weighted by Gasteiger charge is 2.28. The molecule has 0 fully saturated rings. The van der Waals surface area contributed by atoms with Gasteiger partial charge in [-0.2, -0.15) is 0 Å². The first kappa shape index (κ1) is 13.9. The van der Waals surface area contributed by atoms with E-state index in [4.69, 9.17) is 5.11 Å². The monoisotopic (exact) mass is 216 g/mol. The third kappa shape index (κ3) is 4.78. The summed E-state index contributed by atoms with van der Waals surface area (Å²) in [6, 6.07) is 0. The van der Waals surface area contributed by atoms with E-state index in [1.165, 1.54) is 0 Å². The smallest absolute Gasteiger partial charge is 0.310 e. The molecule has 0 rings (SSSR count). The lowest BCUT2D eigenvalue weighted by atomic mass is 9.93. The maximum absolute atomic E-state index is 11.5. The van der Waals surface area contributed by atoms with Gasteiger partial charge in [0, 0.05) is 19.0 Å². The summed E-state index contributed by atoms with van der Waals surface area (Å²) in [5, 5.41) is 14.4. The molecule has 1 unspecified atom stereocenters. The average Bonchev–Trinajstić information content (AvgIpc) is 2.14. The van der Waals surface area contributed by atoms with Crippen molar-refractivity contribution in [2.75, 3.05) is 20.1 Å². The first-order chi connectivity index (χ1) is 6.81. The summed E-state index contributed by atoms with van der Waals surface area (Å²) in [6.45, 7) is 5.69. The lowest BCUT2D eigenvalue weighted by Crippen LogP contribution is -2.42. The Morgan fingerprint density at radius 1 is 1.40 bits per heavy atom. The number of carboxylic acid groups (broad SMARTS) is 1. The number of carbonyl (C=O) groups is 2. The van der Waals surface area contributed by atoms with Gasteiger partial charge in [0.1, 0.15) is 0 Å². The van der Waals surface area contributed by atoms with Crippen LogP contribution in [0.2, 0.25) is 0 Å². The zero-order valence-corrected chi connectivity index (χ0v) is 9.76. The molecule has 0 bridgehead atoms. The Morgan fingerprint density at radius 2 is 1.93 bits per heavy atom. The third-order valence-corrected chi connectivity index (χ3v) is 2.24. The SMILES string of the molecule is CNCC(C)C(=O)NCC(C)(C)C(=O)O. The van der Waals surface area contributed by atoms with E-state index < -0.39 is 11.4 Å². The molecule has 3 N–H and O–H groups in total. The van der Waals surface area contributed by atoms with E-state index in [1.807, 2.05) is 0 Å². The number of hydrogen-bond acceptors (Lipinski definition) is 3. The molecule has 0 saturated carbocycles. The zero-order chi connectivity index (χ0) is 12.1. The van der Waals surface area contributed by atoms with Gasteiger partial charge in [0.2, 0.25) is 5.91 Å². The van der Waals surface area contributed by atoms with E-state index >= 15 is 0 Å². The van der Waals surface area contributed by atoms with E-state index in [2.05, 4.69) is 10.6 Å². The minimum Gasteiger partial charge on any atom is -0.481 e. The van der Waals surface area contributed by atoms with Crippen LogP contribution in [0.1, 0.15) is 20.8 Å². The molecule has 0 aliphatic carbocycles. The van der Waals surface area contributed by atoms with Crippen molar-refractivity contribution in [2.24, 2.45) is 11.3 Å². The molecule has 1 amide bonds. The van der Waals surface area contributed by atoms with E-state index in [0.717, 1.165) is 0 Å². The molecule has 0 spiro atoms. The van der Waals surface area contributed by atoms with Gasteiger partial charge in [-0.3, -0.25) is 9.59 Å². The van der Waals surface area contributed by atoms with E-state index in [1.54, 1.807) is 27.8 Å². The van der Waals surface area contributed by atoms with Crippen molar-refractivity contribution in [1.29, 1.82) is 0 Å². The molecular formula is C10H20N2O3. The summed E-state index contributed by atoms with van der Waals surface area (Å²) in [5.74, 6) is -1.19. The molecule has 0 aliphatic rings. The predicted octanol–water partition coefficient (Wildman–Crippen LogP) is 0.0689. The summed E-state index contributed by atoms with van der Waals surface area (Å²) in [6.07, 6.45) is 0. The predicted molar refractivity (Wildman–Crippen MR) is 57.5 cm³/mol. The van der Waals surface area contributed by atoms with Gasteiger partial charge in [0.25, 0.3) is 0 Å². The van der Waals surface area contributed by atoms with Gasteiger partial charge < -0.3 is 15.7 Å². The Kier molecular flexibility index (Phi) is 5.28. The van der Waals surface area contributed by atoms with E-state index in [9.17, 15) is 9.59 Å². The van der Waals surface area contributed by atoms with Gasteiger partial charge in [0.05, 0.1) is 5.41 Å². The van der Waals surface area contributed by atoms with Crippen LogP contribution in [0.4, 0.5) is 0 Å². The second-order valence-electron chi connectivity index (χ2n) is 4.37. The number of nitrogens with one attached hydrogen (secondary N) is 2. The average molecular weight is 216 g/mol. The number of amides is 1. The minimum absolute atomic E-state index is 0.126. The summed E-state index contributed by atoms with van der Waals surface area (Å²) in [7, 11) is 1.77. The van der Waals surface area contributed by atoms with Crippen LogP contribution in [-0.4, -0.2) is 37.1 Å². The number of rotatable bonds is 6. The highest BCUT2D eigenvalue weighted by molar-refractivity contribution is 5.80. The molecule has 0 aromatic rings. The van der Waals surface area contributed by atoms with Crippen LogP contribution >= 0.6 is 0 Å². The van der Waals surface area contributed by atoms with Crippen LogP contribution < -0.4 is 10.6 Å². The molecule has 0 aromatic carbocycles. The van der Waals surface area contributed by atoms with E-state index in [-0.39, 0.29) is 18.4 Å². The minimum atomic E-state index is -0.922. The van der Waals surface area contributed by atoms with Crippen molar-refractivity contribution in [3.05, 3.63) is 0 Å². The fraction of sp³-hybridized carbons (Fsp3) is 0.800. The van der Waals surface area contributed by atoms with Crippen LogP contribution in [-0.2, 0) is 9.59 Å². The fourth-order valence-electron chi connectivity index (χ4n) is 0.957. The van der Waals surface area contributed by atoms with Gasteiger partial charge in [0.15, 0.2) is 0 Å². The summed E-state index contributed by atoms with van der Waals surface area (Å²) >= 11 is 0. The molecule has 5 heteroatoms. The summed E-state index contributed by atoms with van der Waals surface area (Å²) in [4.78, 5) is 22.2.